The number of carbonyl (C=O) groups is 4. The third-order valence-corrected chi connectivity index (χ3v) is 3.31. The second-order valence-electron chi connectivity index (χ2n) is 5.80. The third kappa shape index (κ3) is 7.45. The van der Waals surface area contributed by atoms with Crippen LogP contribution in [0.3, 0.4) is 0 Å². The van der Waals surface area contributed by atoms with E-state index in [1.807, 2.05) is 0 Å². The number of nitrogens with one attached hydrogen (secondary N) is 3. The molecule has 0 fully saturated rings. The first-order valence-electron chi connectivity index (χ1n) is 7.67. The number of aliphatic carboxylic acids is 1. The standard InChI is InChI=1S/C14H26N4O7/c1-6(2)10(13(23)18-11(7(3)20)14(24)25)17-12(22)8(5-19)16-9(21)4-15/h6-8,10-11,19-20H,4-5,15H2,1-3H3,(H,16,21)(H,17,22)(H,18,23)(H,24,25). The molecule has 4 unspecified atom stereocenters. The van der Waals surface area contributed by atoms with Crippen molar-refractivity contribution in [2.75, 3.05) is 13.2 Å². The first-order chi connectivity index (χ1) is 11.5. The van der Waals surface area contributed by atoms with Crippen molar-refractivity contribution in [3.63, 3.8) is 0 Å². The third-order valence-electron chi connectivity index (χ3n) is 3.31. The Kier molecular flexibility index (Phi) is 9.64. The molecule has 0 aliphatic carbocycles. The first-order valence-corrected chi connectivity index (χ1v) is 7.67. The van der Waals surface area contributed by atoms with Crippen LogP contribution < -0.4 is 21.7 Å². The highest BCUT2D eigenvalue weighted by molar-refractivity contribution is 5.93. The van der Waals surface area contributed by atoms with Gasteiger partial charge in [0.25, 0.3) is 0 Å². The number of nitrogens with two attached hydrogens (primary N) is 1. The number of rotatable bonds is 10. The summed E-state index contributed by atoms with van der Waals surface area (Å²) in [6, 6.07) is -4.00. The van der Waals surface area contributed by atoms with Crippen molar-refractivity contribution in [2.24, 2.45) is 11.7 Å². The number of aliphatic hydroxyl groups is 2. The van der Waals surface area contributed by atoms with E-state index >= 15 is 0 Å². The predicted molar refractivity (Wildman–Crippen MR) is 86.1 cm³/mol. The van der Waals surface area contributed by atoms with Crippen LogP contribution >= 0.6 is 0 Å². The molecule has 0 aromatic heterocycles. The molecule has 0 aromatic carbocycles. The van der Waals surface area contributed by atoms with E-state index in [1.54, 1.807) is 13.8 Å². The zero-order chi connectivity index (χ0) is 19.7. The molecule has 0 radical (unpaired) electrons. The van der Waals surface area contributed by atoms with Crippen LogP contribution in [0.5, 0.6) is 0 Å². The summed E-state index contributed by atoms with van der Waals surface area (Å²) in [7, 11) is 0. The van der Waals surface area contributed by atoms with Crippen LogP contribution in [0.15, 0.2) is 0 Å². The lowest BCUT2D eigenvalue weighted by molar-refractivity contribution is -0.145. The van der Waals surface area contributed by atoms with Gasteiger partial charge < -0.3 is 37.0 Å². The summed E-state index contributed by atoms with van der Waals surface area (Å²) in [4.78, 5) is 46.7. The van der Waals surface area contributed by atoms with Crippen LogP contribution in [0, 0.1) is 5.92 Å². The van der Waals surface area contributed by atoms with Crippen molar-refractivity contribution < 1.29 is 34.5 Å². The lowest BCUT2D eigenvalue weighted by Gasteiger charge is -2.26. The molecule has 144 valence electrons. The van der Waals surface area contributed by atoms with Crippen molar-refractivity contribution in [1.82, 2.24) is 16.0 Å². The molecular weight excluding hydrogens is 336 g/mol. The van der Waals surface area contributed by atoms with Crippen molar-refractivity contribution in [2.45, 2.75) is 45.0 Å². The maximum absolute atomic E-state index is 12.3. The van der Waals surface area contributed by atoms with E-state index in [4.69, 9.17) is 10.8 Å². The van der Waals surface area contributed by atoms with E-state index in [2.05, 4.69) is 16.0 Å². The number of aliphatic hydroxyl groups excluding tert-OH is 2. The summed E-state index contributed by atoms with van der Waals surface area (Å²) < 4.78 is 0. The monoisotopic (exact) mass is 362 g/mol. The summed E-state index contributed by atoms with van der Waals surface area (Å²) in [5.41, 5.74) is 5.12. The minimum atomic E-state index is -1.55. The summed E-state index contributed by atoms with van der Waals surface area (Å²) in [6.07, 6.45) is -1.35. The molecule has 0 aliphatic rings. The fourth-order valence-electron chi connectivity index (χ4n) is 1.87. The molecule has 3 amide bonds. The Hall–Kier alpha value is -2.24. The Morgan fingerprint density at radius 2 is 1.48 bits per heavy atom. The predicted octanol–water partition coefficient (Wildman–Crippen LogP) is -3.49. The Morgan fingerprint density at radius 1 is 0.960 bits per heavy atom. The zero-order valence-electron chi connectivity index (χ0n) is 14.4. The number of hydrogen-bond acceptors (Lipinski definition) is 7. The van der Waals surface area contributed by atoms with Crippen molar-refractivity contribution in [1.29, 1.82) is 0 Å². The number of carboxylic acid groups (broad SMARTS) is 1. The van der Waals surface area contributed by atoms with Gasteiger partial charge in [-0.3, -0.25) is 14.4 Å². The quantitative estimate of drug-likeness (QED) is 0.208. The van der Waals surface area contributed by atoms with E-state index in [1.165, 1.54) is 6.92 Å². The maximum atomic E-state index is 12.3. The molecule has 0 saturated carbocycles. The molecule has 11 nitrogen and oxygen atoms in total. The molecule has 25 heavy (non-hydrogen) atoms. The van der Waals surface area contributed by atoms with E-state index in [-0.39, 0.29) is 6.54 Å². The van der Waals surface area contributed by atoms with Gasteiger partial charge in [-0.2, -0.15) is 0 Å². The van der Waals surface area contributed by atoms with Gasteiger partial charge in [-0.25, -0.2) is 4.79 Å². The minimum absolute atomic E-state index is 0.382. The number of carboxylic acids is 1. The van der Waals surface area contributed by atoms with E-state index in [9.17, 15) is 29.4 Å². The fraction of sp³-hybridized carbons (Fsp3) is 0.714. The van der Waals surface area contributed by atoms with Gasteiger partial charge in [0.2, 0.25) is 17.7 Å². The average molecular weight is 362 g/mol. The molecule has 0 rings (SSSR count). The summed E-state index contributed by atoms with van der Waals surface area (Å²) in [5, 5.41) is 34.3. The first kappa shape index (κ1) is 22.8. The van der Waals surface area contributed by atoms with Crippen LogP contribution in [-0.2, 0) is 19.2 Å². The van der Waals surface area contributed by atoms with Crippen LogP contribution in [0.1, 0.15) is 20.8 Å². The average Bonchev–Trinajstić information content (AvgIpc) is 2.53. The number of amides is 3. The minimum Gasteiger partial charge on any atom is -0.480 e. The summed E-state index contributed by atoms with van der Waals surface area (Å²) in [6.45, 7) is 3.32. The fourth-order valence-corrected chi connectivity index (χ4v) is 1.87. The van der Waals surface area contributed by atoms with Crippen LogP contribution in [-0.4, -0.2) is 76.4 Å². The molecule has 0 bridgehead atoms. The SMILES string of the molecule is CC(C)C(NC(=O)C(CO)NC(=O)CN)C(=O)NC(C(=O)O)C(C)O. The number of carbonyl (C=O) groups excluding carboxylic acids is 3. The highest BCUT2D eigenvalue weighted by atomic mass is 16.4. The van der Waals surface area contributed by atoms with E-state index in [0.717, 1.165) is 0 Å². The Labute approximate surface area is 145 Å². The molecule has 0 saturated heterocycles. The van der Waals surface area contributed by atoms with Gasteiger partial charge in [0.15, 0.2) is 6.04 Å². The molecule has 0 spiro atoms. The molecule has 8 N–H and O–H groups in total. The largest absolute Gasteiger partial charge is 0.480 e. The van der Waals surface area contributed by atoms with E-state index in [0.29, 0.717) is 0 Å². The normalized spacial score (nSPS) is 15.6. The van der Waals surface area contributed by atoms with Crippen LogP contribution in [0.2, 0.25) is 0 Å². The zero-order valence-corrected chi connectivity index (χ0v) is 14.4. The molecule has 0 aliphatic heterocycles. The van der Waals surface area contributed by atoms with Crippen molar-refractivity contribution in [3.05, 3.63) is 0 Å². The number of hydrogen-bond donors (Lipinski definition) is 7. The Balaban J connectivity index is 5.10. The van der Waals surface area contributed by atoms with Gasteiger partial charge in [-0.15, -0.1) is 0 Å². The smallest absolute Gasteiger partial charge is 0.328 e. The summed E-state index contributed by atoms with van der Waals surface area (Å²) >= 11 is 0. The second kappa shape index (κ2) is 10.6. The van der Waals surface area contributed by atoms with Gasteiger partial charge in [0.1, 0.15) is 12.1 Å². The Morgan fingerprint density at radius 3 is 1.84 bits per heavy atom. The Bertz CT molecular complexity index is 496. The lowest BCUT2D eigenvalue weighted by atomic mass is 10.0. The lowest BCUT2D eigenvalue weighted by Crippen LogP contribution is -2.59. The summed E-state index contributed by atoms with van der Waals surface area (Å²) in [5.74, 6) is -4.18. The van der Waals surface area contributed by atoms with Crippen molar-refractivity contribution in [3.8, 4) is 0 Å². The molecule has 0 heterocycles. The second-order valence-corrected chi connectivity index (χ2v) is 5.80. The molecule has 11 heteroatoms. The van der Waals surface area contributed by atoms with Gasteiger partial charge in [0, 0.05) is 0 Å². The van der Waals surface area contributed by atoms with Crippen molar-refractivity contribution >= 4 is 23.7 Å². The van der Waals surface area contributed by atoms with Crippen LogP contribution in [0.25, 0.3) is 0 Å². The highest BCUT2D eigenvalue weighted by Gasteiger charge is 2.32. The molecule has 0 aromatic rings. The van der Waals surface area contributed by atoms with Gasteiger partial charge in [0.05, 0.1) is 19.3 Å². The van der Waals surface area contributed by atoms with Gasteiger partial charge >= 0.3 is 5.97 Å². The maximum Gasteiger partial charge on any atom is 0.328 e. The van der Waals surface area contributed by atoms with Crippen LogP contribution in [0.4, 0.5) is 0 Å². The topological polar surface area (TPSA) is 191 Å². The van der Waals surface area contributed by atoms with Gasteiger partial charge in [-0.05, 0) is 12.8 Å². The van der Waals surface area contributed by atoms with Gasteiger partial charge in [-0.1, -0.05) is 13.8 Å². The molecular formula is C14H26N4O7. The van der Waals surface area contributed by atoms with E-state index < -0.39 is 60.4 Å². The molecule has 4 atom stereocenters. The highest BCUT2D eigenvalue weighted by Crippen LogP contribution is 2.04.